The van der Waals surface area contributed by atoms with Crippen LogP contribution < -0.4 is 0 Å². The van der Waals surface area contributed by atoms with Gasteiger partial charge in [0.05, 0.1) is 5.75 Å². The van der Waals surface area contributed by atoms with Crippen molar-refractivity contribution in [3.63, 3.8) is 0 Å². The first-order valence-electron chi connectivity index (χ1n) is 9.43. The average Bonchev–Trinajstić information content (AvgIpc) is 3.46. The summed E-state index contributed by atoms with van der Waals surface area (Å²) >= 11 is 0. The Balaban J connectivity index is 1.71. The predicted molar refractivity (Wildman–Crippen MR) is 108 cm³/mol. The van der Waals surface area contributed by atoms with Crippen molar-refractivity contribution in [1.82, 2.24) is 4.90 Å². The molecule has 4 nitrogen and oxygen atoms in total. The highest BCUT2D eigenvalue weighted by atomic mass is 32.2. The van der Waals surface area contributed by atoms with E-state index >= 15 is 0 Å². The summed E-state index contributed by atoms with van der Waals surface area (Å²) in [7, 11) is -3.51. The molecule has 0 radical (unpaired) electrons. The molecule has 1 aliphatic rings. The van der Waals surface area contributed by atoms with Crippen molar-refractivity contribution >= 4 is 15.7 Å². The number of benzene rings is 2. The van der Waals surface area contributed by atoms with Crippen LogP contribution in [-0.2, 0) is 26.9 Å². The van der Waals surface area contributed by atoms with Crippen LogP contribution in [-0.4, -0.2) is 31.0 Å². The second kappa shape index (κ2) is 8.26. The van der Waals surface area contributed by atoms with Crippen LogP contribution in [0.1, 0.15) is 36.5 Å². The van der Waals surface area contributed by atoms with Gasteiger partial charge in [0.2, 0.25) is 5.91 Å². The summed E-state index contributed by atoms with van der Waals surface area (Å²) in [5.41, 5.74) is 2.83. The van der Waals surface area contributed by atoms with Gasteiger partial charge in [0, 0.05) is 12.6 Å². The van der Waals surface area contributed by atoms with E-state index in [1.807, 2.05) is 68.4 Å². The number of hydrogen-bond acceptors (Lipinski definition) is 3. The van der Waals surface area contributed by atoms with Crippen LogP contribution in [0.15, 0.2) is 54.6 Å². The summed E-state index contributed by atoms with van der Waals surface area (Å²) in [5, 5.41) is 0. The van der Waals surface area contributed by atoms with Crippen LogP contribution >= 0.6 is 0 Å². The fraction of sp³-hybridized carbons (Fsp3) is 0.409. The maximum atomic E-state index is 12.9. The molecule has 1 saturated carbocycles. The lowest BCUT2D eigenvalue weighted by molar-refractivity contribution is -0.131. The minimum Gasteiger partial charge on any atom is -0.335 e. The molecule has 2 aromatic rings. The van der Waals surface area contributed by atoms with Gasteiger partial charge in [-0.1, -0.05) is 60.2 Å². The van der Waals surface area contributed by atoms with E-state index in [2.05, 4.69) is 0 Å². The molecule has 1 fully saturated rings. The molecule has 0 aromatic heterocycles. The van der Waals surface area contributed by atoms with Crippen molar-refractivity contribution in [1.29, 1.82) is 0 Å². The van der Waals surface area contributed by atoms with Gasteiger partial charge in [-0.25, -0.2) is 8.42 Å². The smallest absolute Gasteiger partial charge is 0.238 e. The van der Waals surface area contributed by atoms with Crippen LogP contribution in [0.3, 0.4) is 0 Å². The highest BCUT2D eigenvalue weighted by molar-refractivity contribution is 7.91. The largest absolute Gasteiger partial charge is 0.335 e. The van der Waals surface area contributed by atoms with Crippen LogP contribution in [0.5, 0.6) is 0 Å². The molecule has 0 N–H and O–H groups in total. The zero-order chi connectivity index (χ0) is 19.4. The molecule has 1 amide bonds. The standard InChI is InChI=1S/C22H27NO3S/c1-17-8-10-20(11-9-17)15-27(25,26)16-22(24)23(18(2)21-12-13-21)14-19-6-4-3-5-7-19/h3-11,18,21H,12-16H2,1-2H3. The van der Waals surface area contributed by atoms with Gasteiger partial charge in [-0.15, -0.1) is 0 Å². The molecule has 1 aliphatic carbocycles. The highest BCUT2D eigenvalue weighted by Gasteiger charge is 2.35. The molecule has 27 heavy (non-hydrogen) atoms. The van der Waals surface area contributed by atoms with Crippen molar-refractivity contribution in [3.8, 4) is 0 Å². The Morgan fingerprint density at radius 1 is 1.04 bits per heavy atom. The van der Waals surface area contributed by atoms with E-state index in [1.165, 1.54) is 0 Å². The van der Waals surface area contributed by atoms with E-state index in [9.17, 15) is 13.2 Å². The zero-order valence-electron chi connectivity index (χ0n) is 16.0. The summed E-state index contributed by atoms with van der Waals surface area (Å²) in [6.45, 7) is 4.45. The number of carbonyl (C=O) groups excluding carboxylic acids is 1. The fourth-order valence-corrected chi connectivity index (χ4v) is 4.68. The molecule has 1 unspecified atom stereocenters. The minimum atomic E-state index is -3.51. The summed E-state index contributed by atoms with van der Waals surface area (Å²) in [5.74, 6) is -0.358. The molecular weight excluding hydrogens is 358 g/mol. The quantitative estimate of drug-likeness (QED) is 0.696. The van der Waals surface area contributed by atoms with Gasteiger partial charge in [0.25, 0.3) is 0 Å². The van der Waals surface area contributed by atoms with E-state index < -0.39 is 15.6 Å². The molecule has 1 atom stereocenters. The monoisotopic (exact) mass is 385 g/mol. The molecule has 0 heterocycles. The normalized spacial score (nSPS) is 15.3. The summed E-state index contributed by atoms with van der Waals surface area (Å²) in [6, 6.07) is 17.2. The van der Waals surface area contributed by atoms with E-state index in [4.69, 9.17) is 0 Å². The van der Waals surface area contributed by atoms with E-state index in [0.717, 1.165) is 29.5 Å². The van der Waals surface area contributed by atoms with E-state index in [-0.39, 0.29) is 17.7 Å². The Labute approximate surface area is 162 Å². The Hall–Kier alpha value is -2.14. The van der Waals surface area contributed by atoms with Crippen molar-refractivity contribution in [2.75, 3.05) is 5.75 Å². The first-order chi connectivity index (χ1) is 12.8. The first kappa shape index (κ1) is 19.6. The van der Waals surface area contributed by atoms with Gasteiger partial charge in [-0.05, 0) is 43.7 Å². The molecule has 2 aromatic carbocycles. The van der Waals surface area contributed by atoms with Gasteiger partial charge >= 0.3 is 0 Å². The Morgan fingerprint density at radius 3 is 2.26 bits per heavy atom. The maximum absolute atomic E-state index is 12.9. The van der Waals surface area contributed by atoms with Crippen LogP contribution in [0.2, 0.25) is 0 Å². The summed E-state index contributed by atoms with van der Waals surface area (Å²) in [4.78, 5) is 14.7. The van der Waals surface area contributed by atoms with Crippen molar-refractivity contribution in [2.45, 2.75) is 45.0 Å². The minimum absolute atomic E-state index is 0.0623. The topological polar surface area (TPSA) is 54.5 Å². The van der Waals surface area contributed by atoms with Gasteiger partial charge in [-0.3, -0.25) is 4.79 Å². The van der Waals surface area contributed by atoms with Gasteiger partial charge in [0.15, 0.2) is 9.84 Å². The zero-order valence-corrected chi connectivity index (χ0v) is 16.8. The molecule has 3 rings (SSSR count). The molecule has 0 saturated heterocycles. The van der Waals surface area contributed by atoms with Crippen molar-refractivity contribution in [3.05, 3.63) is 71.3 Å². The third kappa shape index (κ3) is 5.67. The highest BCUT2D eigenvalue weighted by Crippen LogP contribution is 2.35. The number of carbonyl (C=O) groups is 1. The molecule has 144 valence electrons. The third-order valence-electron chi connectivity index (χ3n) is 5.16. The average molecular weight is 386 g/mol. The number of sulfone groups is 1. The molecule has 5 heteroatoms. The van der Waals surface area contributed by atoms with E-state index in [0.29, 0.717) is 12.5 Å². The summed E-state index contributed by atoms with van der Waals surface area (Å²) < 4.78 is 25.2. The lowest BCUT2D eigenvalue weighted by atomic mass is 10.1. The van der Waals surface area contributed by atoms with Crippen molar-refractivity contribution < 1.29 is 13.2 Å². The number of nitrogens with zero attached hydrogens (tertiary/aromatic N) is 1. The SMILES string of the molecule is Cc1ccc(CS(=O)(=O)CC(=O)N(Cc2ccccc2)C(C)C2CC2)cc1. The van der Waals surface area contributed by atoms with Gasteiger partial charge in [-0.2, -0.15) is 0 Å². The number of amides is 1. The van der Waals surface area contributed by atoms with Gasteiger partial charge < -0.3 is 4.90 Å². The molecular formula is C22H27NO3S. The van der Waals surface area contributed by atoms with Gasteiger partial charge in [0.1, 0.15) is 5.75 Å². The number of hydrogen-bond donors (Lipinski definition) is 0. The first-order valence-corrected chi connectivity index (χ1v) is 11.3. The third-order valence-corrected chi connectivity index (χ3v) is 6.62. The van der Waals surface area contributed by atoms with Crippen LogP contribution in [0, 0.1) is 12.8 Å². The Morgan fingerprint density at radius 2 is 1.67 bits per heavy atom. The van der Waals surface area contributed by atoms with Crippen molar-refractivity contribution in [2.24, 2.45) is 5.92 Å². The maximum Gasteiger partial charge on any atom is 0.238 e. The van der Waals surface area contributed by atoms with E-state index in [1.54, 1.807) is 4.90 Å². The number of aryl methyl sites for hydroxylation is 1. The summed E-state index contributed by atoms with van der Waals surface area (Å²) in [6.07, 6.45) is 2.21. The number of rotatable bonds is 8. The van der Waals surface area contributed by atoms with Crippen LogP contribution in [0.25, 0.3) is 0 Å². The van der Waals surface area contributed by atoms with Crippen LogP contribution in [0.4, 0.5) is 0 Å². The lowest BCUT2D eigenvalue weighted by Crippen LogP contribution is -2.42. The fourth-order valence-electron chi connectivity index (χ4n) is 3.33. The predicted octanol–water partition coefficient (Wildman–Crippen LogP) is 3.74. The Kier molecular flexibility index (Phi) is 6.00. The molecule has 0 aliphatic heterocycles. The Bertz CT molecular complexity index is 872. The second-order valence-corrected chi connectivity index (χ2v) is 9.67. The second-order valence-electron chi connectivity index (χ2n) is 7.60. The molecule has 0 spiro atoms. The molecule has 0 bridgehead atoms. The lowest BCUT2D eigenvalue weighted by Gasteiger charge is -2.29.